The zero-order valence-electron chi connectivity index (χ0n) is 12.0. The molecule has 1 aliphatic heterocycles. The van der Waals surface area contributed by atoms with Gasteiger partial charge in [-0.05, 0) is 42.4 Å². The summed E-state index contributed by atoms with van der Waals surface area (Å²) in [7, 11) is 0. The van der Waals surface area contributed by atoms with Crippen molar-refractivity contribution in [1.29, 1.82) is 0 Å². The average Bonchev–Trinajstić information content (AvgIpc) is 3.23. The van der Waals surface area contributed by atoms with Gasteiger partial charge in [-0.1, -0.05) is 18.5 Å². The van der Waals surface area contributed by atoms with Crippen LogP contribution in [0.1, 0.15) is 38.2 Å². The standard InChI is InChI=1S/C16H22ClNO2/c1-2-16(4-5-16)11-18-10-12-8-13(17)15-14(9-12)19-6-3-7-20-15/h8-9,18H,2-7,10-11H2,1H3. The quantitative estimate of drug-likeness (QED) is 0.897. The molecular formula is C16H22ClNO2. The summed E-state index contributed by atoms with van der Waals surface area (Å²) in [6, 6.07) is 4.03. The highest BCUT2D eigenvalue weighted by molar-refractivity contribution is 6.32. The number of fused-ring (bicyclic) bond motifs is 1. The van der Waals surface area contributed by atoms with Crippen molar-refractivity contribution >= 4 is 11.6 Å². The fraction of sp³-hybridized carbons (Fsp3) is 0.625. The Balaban J connectivity index is 1.65. The van der Waals surface area contributed by atoms with Crippen molar-refractivity contribution in [3.8, 4) is 11.5 Å². The van der Waals surface area contributed by atoms with Gasteiger partial charge in [-0.2, -0.15) is 0 Å². The van der Waals surface area contributed by atoms with Crippen LogP contribution in [-0.4, -0.2) is 19.8 Å². The predicted octanol–water partition coefficient (Wildman–Crippen LogP) is 3.78. The van der Waals surface area contributed by atoms with Gasteiger partial charge in [0.2, 0.25) is 0 Å². The van der Waals surface area contributed by atoms with E-state index >= 15 is 0 Å². The zero-order chi connectivity index (χ0) is 14.0. The van der Waals surface area contributed by atoms with E-state index < -0.39 is 0 Å². The Bertz CT molecular complexity index is 486. The summed E-state index contributed by atoms with van der Waals surface area (Å²) in [6.07, 6.45) is 4.89. The molecule has 0 atom stereocenters. The van der Waals surface area contributed by atoms with Gasteiger partial charge in [0, 0.05) is 19.5 Å². The summed E-state index contributed by atoms with van der Waals surface area (Å²) in [5, 5.41) is 4.20. The summed E-state index contributed by atoms with van der Waals surface area (Å²) in [5.41, 5.74) is 1.72. The molecule has 3 rings (SSSR count). The molecule has 2 aliphatic rings. The Morgan fingerprint density at radius 3 is 2.80 bits per heavy atom. The fourth-order valence-electron chi connectivity index (χ4n) is 2.69. The van der Waals surface area contributed by atoms with Gasteiger partial charge in [-0.3, -0.25) is 0 Å². The Labute approximate surface area is 125 Å². The van der Waals surface area contributed by atoms with Crippen LogP contribution in [0, 0.1) is 5.41 Å². The van der Waals surface area contributed by atoms with Crippen LogP contribution in [0.25, 0.3) is 0 Å². The van der Waals surface area contributed by atoms with Crippen LogP contribution in [0.4, 0.5) is 0 Å². The van der Waals surface area contributed by atoms with Crippen molar-refractivity contribution in [2.45, 2.75) is 39.2 Å². The maximum Gasteiger partial charge on any atom is 0.179 e. The van der Waals surface area contributed by atoms with E-state index in [9.17, 15) is 0 Å². The molecule has 1 aliphatic carbocycles. The minimum Gasteiger partial charge on any atom is -0.489 e. The second-order valence-corrected chi connectivity index (χ2v) is 6.32. The maximum absolute atomic E-state index is 6.30. The number of hydrogen-bond donors (Lipinski definition) is 1. The van der Waals surface area contributed by atoms with Gasteiger partial charge in [-0.25, -0.2) is 0 Å². The van der Waals surface area contributed by atoms with Crippen LogP contribution in [-0.2, 0) is 6.54 Å². The molecular weight excluding hydrogens is 274 g/mol. The summed E-state index contributed by atoms with van der Waals surface area (Å²) < 4.78 is 11.4. The highest BCUT2D eigenvalue weighted by Gasteiger charge is 2.39. The molecule has 1 aromatic carbocycles. The van der Waals surface area contributed by atoms with E-state index in [0.717, 1.165) is 30.8 Å². The number of nitrogens with one attached hydrogen (secondary N) is 1. The molecule has 3 nitrogen and oxygen atoms in total. The van der Waals surface area contributed by atoms with Gasteiger partial charge >= 0.3 is 0 Å². The predicted molar refractivity (Wildman–Crippen MR) is 80.7 cm³/mol. The Morgan fingerprint density at radius 2 is 2.05 bits per heavy atom. The molecule has 1 saturated carbocycles. The first-order valence-corrected chi connectivity index (χ1v) is 7.89. The van der Waals surface area contributed by atoms with Crippen LogP contribution in [0.5, 0.6) is 11.5 Å². The third kappa shape index (κ3) is 3.04. The van der Waals surface area contributed by atoms with Crippen LogP contribution < -0.4 is 14.8 Å². The Kier molecular flexibility index (Phi) is 4.08. The van der Waals surface area contributed by atoms with Gasteiger partial charge in [0.15, 0.2) is 11.5 Å². The molecule has 1 aromatic rings. The molecule has 110 valence electrons. The minimum absolute atomic E-state index is 0.565. The second kappa shape index (κ2) is 5.82. The monoisotopic (exact) mass is 295 g/mol. The van der Waals surface area contributed by atoms with Gasteiger partial charge in [0.25, 0.3) is 0 Å². The third-order valence-corrected chi connectivity index (χ3v) is 4.68. The molecule has 4 heteroatoms. The van der Waals surface area contributed by atoms with E-state index in [1.807, 2.05) is 12.1 Å². The highest BCUT2D eigenvalue weighted by atomic mass is 35.5. The first-order valence-electron chi connectivity index (χ1n) is 7.51. The normalized spacial score (nSPS) is 19.5. The maximum atomic E-state index is 6.30. The lowest BCUT2D eigenvalue weighted by Crippen LogP contribution is -2.23. The summed E-state index contributed by atoms with van der Waals surface area (Å²) >= 11 is 6.30. The largest absolute Gasteiger partial charge is 0.489 e. The van der Waals surface area contributed by atoms with Crippen LogP contribution in [0.3, 0.4) is 0 Å². The van der Waals surface area contributed by atoms with Crippen LogP contribution in [0.15, 0.2) is 12.1 Å². The molecule has 0 radical (unpaired) electrons. The van der Waals surface area contributed by atoms with E-state index in [0.29, 0.717) is 29.4 Å². The first kappa shape index (κ1) is 14.0. The Hall–Kier alpha value is -0.930. The molecule has 1 fully saturated rings. The number of ether oxygens (including phenoxy) is 2. The smallest absolute Gasteiger partial charge is 0.179 e. The van der Waals surface area contributed by atoms with E-state index in [1.165, 1.54) is 19.3 Å². The SMILES string of the molecule is CCC1(CNCc2cc(Cl)c3c(c2)OCCCO3)CC1. The molecule has 1 N–H and O–H groups in total. The molecule has 20 heavy (non-hydrogen) atoms. The number of hydrogen-bond acceptors (Lipinski definition) is 3. The van der Waals surface area contributed by atoms with Crippen molar-refractivity contribution in [2.75, 3.05) is 19.8 Å². The van der Waals surface area contributed by atoms with Crippen molar-refractivity contribution in [2.24, 2.45) is 5.41 Å². The Morgan fingerprint density at radius 1 is 1.25 bits per heavy atom. The molecule has 0 bridgehead atoms. The molecule has 0 unspecified atom stereocenters. The summed E-state index contributed by atoms with van der Waals surface area (Å²) in [5.74, 6) is 1.48. The van der Waals surface area contributed by atoms with E-state index in [-0.39, 0.29) is 0 Å². The molecule has 0 amide bonds. The topological polar surface area (TPSA) is 30.5 Å². The lowest BCUT2D eigenvalue weighted by Gasteiger charge is -2.15. The van der Waals surface area contributed by atoms with Crippen molar-refractivity contribution < 1.29 is 9.47 Å². The minimum atomic E-state index is 0.565. The zero-order valence-corrected chi connectivity index (χ0v) is 12.8. The van der Waals surface area contributed by atoms with Gasteiger partial charge in [0.05, 0.1) is 18.2 Å². The number of halogens is 1. The third-order valence-electron chi connectivity index (χ3n) is 4.40. The second-order valence-electron chi connectivity index (χ2n) is 5.91. The van der Waals surface area contributed by atoms with Gasteiger partial charge in [-0.15, -0.1) is 0 Å². The van der Waals surface area contributed by atoms with E-state index in [4.69, 9.17) is 21.1 Å². The lowest BCUT2D eigenvalue weighted by atomic mass is 10.0. The highest BCUT2D eigenvalue weighted by Crippen LogP contribution is 2.48. The first-order chi connectivity index (χ1) is 9.72. The number of rotatable bonds is 5. The van der Waals surface area contributed by atoms with E-state index in [2.05, 4.69) is 12.2 Å². The fourth-order valence-corrected chi connectivity index (χ4v) is 2.98. The molecule has 0 spiro atoms. The summed E-state index contributed by atoms with van der Waals surface area (Å²) in [4.78, 5) is 0. The molecule has 0 saturated heterocycles. The average molecular weight is 296 g/mol. The van der Waals surface area contributed by atoms with Crippen molar-refractivity contribution in [3.63, 3.8) is 0 Å². The van der Waals surface area contributed by atoms with Gasteiger partial charge in [0.1, 0.15) is 0 Å². The van der Waals surface area contributed by atoms with Crippen molar-refractivity contribution in [3.05, 3.63) is 22.7 Å². The van der Waals surface area contributed by atoms with Gasteiger partial charge < -0.3 is 14.8 Å². The summed E-state index contributed by atoms with van der Waals surface area (Å²) in [6.45, 7) is 5.56. The molecule has 0 aromatic heterocycles. The lowest BCUT2D eigenvalue weighted by molar-refractivity contribution is 0.297. The van der Waals surface area contributed by atoms with Crippen molar-refractivity contribution in [1.82, 2.24) is 5.32 Å². The van der Waals surface area contributed by atoms with Crippen LogP contribution in [0.2, 0.25) is 5.02 Å². The number of benzene rings is 1. The van der Waals surface area contributed by atoms with Crippen LogP contribution >= 0.6 is 11.6 Å². The van der Waals surface area contributed by atoms with E-state index in [1.54, 1.807) is 0 Å². The molecule has 1 heterocycles.